The third-order valence-electron chi connectivity index (χ3n) is 10.8. The molecule has 0 amide bonds. The first kappa shape index (κ1) is 99.3. The highest BCUT2D eigenvalue weighted by Gasteiger charge is 2.50. The highest BCUT2D eigenvalue weighted by Crippen LogP contribution is 2.31. The van der Waals surface area contributed by atoms with Gasteiger partial charge < -0.3 is 41.2 Å². The molecule has 0 bridgehead atoms. The van der Waals surface area contributed by atoms with Crippen LogP contribution in [0.25, 0.3) is 0 Å². The van der Waals surface area contributed by atoms with E-state index in [1.807, 2.05) is 0 Å². The summed E-state index contributed by atoms with van der Waals surface area (Å²) in [5, 5.41) is 3.14. The zero-order valence-corrected chi connectivity index (χ0v) is 87.8. The van der Waals surface area contributed by atoms with Crippen molar-refractivity contribution in [1.29, 1.82) is 0 Å². The average Bonchev–Trinajstić information content (AvgIpc) is 3.04. The Kier molecular flexibility index (Phi) is 40.2. The van der Waals surface area contributed by atoms with Crippen molar-refractivity contribution in [3.8, 4) is 0 Å². The molecule has 1 aromatic carbocycles. The smallest absolute Gasteiger partial charge is 0.314 e. The monoisotopic (exact) mass is 1560 g/mol. The molecule has 0 unspecified atom stereocenters. The Labute approximate surface area is 573 Å². The molecule has 0 saturated carbocycles. The third-order valence-corrected chi connectivity index (χ3v) is 73.7. The summed E-state index contributed by atoms with van der Waals surface area (Å²) in [7, 11) is -28.5. The van der Waals surface area contributed by atoms with Crippen molar-refractivity contribution in [2.24, 2.45) is 0 Å². The van der Waals surface area contributed by atoms with Gasteiger partial charge in [0.1, 0.15) is 0 Å². The van der Waals surface area contributed by atoms with Crippen molar-refractivity contribution in [3.63, 3.8) is 0 Å². The molecule has 88 heavy (non-hydrogen) atoms. The predicted molar refractivity (Wildman–Crippen MR) is 453 cm³/mol. The largest absolute Gasteiger partial charge is 0.456 e. The predicted octanol–water partition coefficient (Wildman–Crippen LogP) is 22.3. The molecule has 1 aromatic rings. The van der Waals surface area contributed by atoms with Crippen molar-refractivity contribution in [2.75, 3.05) is 0 Å². The van der Waals surface area contributed by atoms with Crippen molar-refractivity contribution >= 4 is 169 Å². The Morgan fingerprint density at radius 3 is 0.534 bits per heavy atom. The van der Waals surface area contributed by atoms with Gasteiger partial charge in [0.05, 0.1) is 32.3 Å². The van der Waals surface area contributed by atoms with E-state index in [4.69, 9.17) is 41.2 Å². The zero-order valence-electron chi connectivity index (χ0n) is 68.8. The fourth-order valence-electron chi connectivity index (χ4n) is 11.2. The van der Waals surface area contributed by atoms with Crippen LogP contribution in [0.2, 0.25) is 333 Å². The van der Waals surface area contributed by atoms with Crippen molar-refractivity contribution in [3.05, 3.63) is 35.7 Å². The standard InChI is InChI=1S/C12H22Si2.C10H30O3Si4.C8H24O4Si4.C8H24O2Si3.C8H20Si2.C7H20Si2.C6H18OSi2/c1-13(2,3)11-7-9-12(10-8-11)14(4,5)6;1-14(2,3)11-16(7,8)13-17(9,10)12-15(4,5)6;1-13(2)9-14(3,4)11-16(7,8)12-15(5,6)10-13;1-11(2,3)9-13(7,8)10-12(4,5)6;1-8(9(2,3)4)10(5,6)7;2*1-8(2,3)7-9(4,5)6/h7-10H,1-6H3;1-10H3;1-8H3;1-8H3;1H2,2-7H3;7H2,1-6H3;1-6H3. The first-order valence-electron chi connectivity index (χ1n) is 33.0. The molecule has 0 spiro atoms. The molecule has 29 heteroatoms. The van der Waals surface area contributed by atoms with Crippen LogP contribution in [-0.2, 0) is 41.2 Å². The zero-order chi connectivity index (χ0) is 72.8. The van der Waals surface area contributed by atoms with Crippen LogP contribution >= 0.6 is 0 Å². The van der Waals surface area contributed by atoms with Gasteiger partial charge in [0.15, 0.2) is 49.9 Å². The molecule has 0 N–H and O–H groups in total. The van der Waals surface area contributed by atoms with Gasteiger partial charge in [0.25, 0.3) is 0 Å². The molecule has 0 atom stereocenters. The van der Waals surface area contributed by atoms with Gasteiger partial charge in [-0.05, 0) is 210 Å². The minimum atomic E-state index is -2.11. The Hall–Kier alpha value is 2.68. The Morgan fingerprint density at radius 1 is 0.284 bits per heavy atom. The maximum absolute atomic E-state index is 6.28. The molecule has 530 valence electrons. The van der Waals surface area contributed by atoms with Gasteiger partial charge in [-0.15, -0.1) is 6.58 Å². The van der Waals surface area contributed by atoms with E-state index in [1.54, 1.807) is 20.9 Å². The summed E-state index contributed by atoms with van der Waals surface area (Å²) in [6.07, 6.45) is 0. The van der Waals surface area contributed by atoms with Crippen LogP contribution in [-0.4, -0.2) is 158 Å². The Balaban J connectivity index is -0.000000308. The molecule has 10 nitrogen and oxygen atoms in total. The van der Waals surface area contributed by atoms with E-state index in [1.165, 1.54) is 0 Å². The number of hydrogen-bond donors (Lipinski definition) is 0. The summed E-state index contributed by atoms with van der Waals surface area (Å²) >= 11 is 0. The SMILES string of the molecule is C=C([Si](C)(C)C)[Si](C)(C)C.C[Si](C)(C)C[Si](C)(C)C.C[Si](C)(C)O[Si](C)(C)C.C[Si](C)(C)O[Si](C)(C)O[Si](C)(C)C.C[Si](C)(C)O[Si](C)(C)O[Si](C)(C)O[Si](C)(C)C.C[Si](C)(C)c1ccc([Si](C)(C)C)cc1.C[Si]1(C)O[Si](C)(C)O[Si](C)(C)O[Si](C)(C)O1. The first-order chi connectivity index (χ1) is 37.1. The first-order valence-corrected chi connectivity index (χ1v) is 94.5. The van der Waals surface area contributed by atoms with Gasteiger partial charge in [-0.25, -0.2) is 0 Å². The van der Waals surface area contributed by atoms with Gasteiger partial charge in [0.2, 0.25) is 0 Å². The summed E-state index contributed by atoms with van der Waals surface area (Å²) in [5.41, 5.74) is 1.57. The molecule has 2 rings (SSSR count). The fraction of sp³-hybridized carbons (Fsp3) is 0.864. The van der Waals surface area contributed by atoms with E-state index in [0.29, 0.717) is 0 Å². The highest BCUT2D eigenvalue weighted by molar-refractivity contribution is 7.04. The molecule has 1 saturated heterocycles. The molecule has 0 aromatic heterocycles. The molecule has 0 radical (unpaired) electrons. The molecule has 1 fully saturated rings. The minimum absolute atomic E-state index is 0.731. The summed E-state index contributed by atoms with van der Waals surface area (Å²) in [6.45, 7) is 117. The number of rotatable bonds is 18. The van der Waals surface area contributed by atoms with Crippen LogP contribution in [0.4, 0.5) is 0 Å². The lowest BCUT2D eigenvalue weighted by Gasteiger charge is -2.46. The molecular formula is C59H158O10Si19. The van der Waals surface area contributed by atoms with E-state index in [2.05, 4.69) is 358 Å². The molecule has 1 heterocycles. The van der Waals surface area contributed by atoms with Crippen LogP contribution in [0, 0.1) is 0 Å². The average molecular weight is 1560 g/mol. The lowest BCUT2D eigenvalue weighted by atomic mass is 10.4. The van der Waals surface area contributed by atoms with E-state index in [9.17, 15) is 0 Å². The second-order valence-corrected chi connectivity index (χ2v) is 125. The van der Waals surface area contributed by atoms with Gasteiger partial charge in [0, 0.05) is 16.1 Å². The quantitative estimate of drug-likeness (QED) is 0.132. The van der Waals surface area contributed by atoms with E-state index < -0.39 is 158 Å². The van der Waals surface area contributed by atoms with E-state index in [-0.39, 0.29) is 0 Å². The van der Waals surface area contributed by atoms with Crippen LogP contribution in [0.15, 0.2) is 35.7 Å². The van der Waals surface area contributed by atoms with Crippen LogP contribution < -0.4 is 10.4 Å². The molecule has 1 aliphatic rings. The van der Waals surface area contributed by atoms with E-state index in [0.717, 1.165) is 0 Å². The second kappa shape index (κ2) is 35.6. The maximum Gasteiger partial charge on any atom is 0.314 e. The van der Waals surface area contributed by atoms with Gasteiger partial charge in [-0.1, -0.05) is 163 Å². The third kappa shape index (κ3) is 64.7. The van der Waals surface area contributed by atoms with Gasteiger partial charge >= 0.3 is 59.9 Å². The Bertz CT molecular complexity index is 1930. The molecule has 0 aliphatic carbocycles. The summed E-state index contributed by atoms with van der Waals surface area (Å²) in [4.78, 5) is 1.60. The van der Waals surface area contributed by atoms with Crippen molar-refractivity contribution < 1.29 is 41.2 Å². The van der Waals surface area contributed by atoms with Crippen LogP contribution in [0.5, 0.6) is 0 Å². The normalized spacial score (nSPS) is 17.3. The fourth-order valence-corrected chi connectivity index (χ4v) is 93.6. The highest BCUT2D eigenvalue weighted by atomic mass is 28.5. The van der Waals surface area contributed by atoms with Crippen LogP contribution in [0.3, 0.4) is 0 Å². The summed E-state index contributed by atoms with van der Waals surface area (Å²) in [6, 6.07) is 9.39. The number of benzene rings is 1. The summed E-state index contributed by atoms with van der Waals surface area (Å²) in [5.74, 6) is 0. The lowest BCUT2D eigenvalue weighted by Crippen LogP contribution is -2.64. The topological polar surface area (TPSA) is 92.3 Å². The Morgan fingerprint density at radius 2 is 0.443 bits per heavy atom. The lowest BCUT2D eigenvalue weighted by molar-refractivity contribution is 0.238. The van der Waals surface area contributed by atoms with Crippen LogP contribution in [0.1, 0.15) is 0 Å². The van der Waals surface area contributed by atoms with Gasteiger partial charge in [-0.3, -0.25) is 0 Å². The van der Waals surface area contributed by atoms with E-state index >= 15 is 0 Å². The second-order valence-electron chi connectivity index (χ2n) is 39.8. The van der Waals surface area contributed by atoms with Crippen molar-refractivity contribution in [2.45, 2.75) is 333 Å². The summed E-state index contributed by atoms with van der Waals surface area (Å²) < 4.78 is 61.4. The number of hydrogen-bond acceptors (Lipinski definition) is 10. The molecular weight excluding hydrogens is 1400 g/mol. The minimum Gasteiger partial charge on any atom is -0.456 e. The van der Waals surface area contributed by atoms with Gasteiger partial charge in [-0.2, -0.15) is 0 Å². The van der Waals surface area contributed by atoms with Crippen molar-refractivity contribution in [1.82, 2.24) is 0 Å². The maximum atomic E-state index is 6.28. The molecule has 1 aliphatic heterocycles.